The molecule has 0 fully saturated rings. The molecule has 2 rings (SSSR count). The van der Waals surface area contributed by atoms with Crippen molar-refractivity contribution in [3.05, 3.63) is 33.5 Å². The zero-order valence-corrected chi connectivity index (χ0v) is 9.79. The second kappa shape index (κ2) is 4.30. The number of aliphatic hydroxyl groups is 1. The highest BCUT2D eigenvalue weighted by atomic mass is 79.9. The van der Waals surface area contributed by atoms with Gasteiger partial charge in [-0.1, -0.05) is 16.8 Å². The number of benzene rings is 1. The van der Waals surface area contributed by atoms with E-state index in [0.717, 1.165) is 10.0 Å². The van der Waals surface area contributed by atoms with Crippen molar-refractivity contribution in [3.8, 4) is 11.5 Å². The number of rotatable bonds is 2. The van der Waals surface area contributed by atoms with Gasteiger partial charge >= 0.3 is 0 Å². The third kappa shape index (κ3) is 2.19. The summed E-state index contributed by atoms with van der Waals surface area (Å²) in [7, 11) is 0. The highest BCUT2D eigenvalue weighted by Crippen LogP contribution is 2.27. The number of hydrogen-bond donors (Lipinski definition) is 1. The Kier molecular flexibility index (Phi) is 3.04. The lowest BCUT2D eigenvalue weighted by atomic mass is 10.2. The molecular weight excluding hydrogens is 283 g/mol. The van der Waals surface area contributed by atoms with E-state index in [1.807, 2.05) is 0 Å². The molecule has 4 nitrogen and oxygen atoms in total. The fourth-order valence-electron chi connectivity index (χ4n) is 1.06. The van der Waals surface area contributed by atoms with Gasteiger partial charge in [-0.05, 0) is 34.1 Å². The maximum absolute atomic E-state index is 8.78. The average Bonchev–Trinajstić information content (AvgIpc) is 2.70. The number of aliphatic hydroxyl groups excluding tert-OH is 1. The van der Waals surface area contributed by atoms with Gasteiger partial charge in [-0.15, -0.1) is 0 Å². The molecule has 0 saturated heterocycles. The van der Waals surface area contributed by atoms with Crippen LogP contribution in [0.3, 0.4) is 0 Å². The van der Waals surface area contributed by atoms with Crippen LogP contribution < -0.4 is 0 Å². The van der Waals surface area contributed by atoms with Gasteiger partial charge in [0.1, 0.15) is 6.61 Å². The number of nitrogens with zero attached hydrogens (tertiary/aromatic N) is 2. The molecule has 1 aromatic heterocycles. The first kappa shape index (κ1) is 10.6. The summed E-state index contributed by atoms with van der Waals surface area (Å²) in [6.07, 6.45) is 0. The standard InChI is InChI=1S/C9H6BrClN2O2/c10-6-3-5(1-2-7(6)11)9-12-8(4-14)13-15-9/h1-3,14H,4H2. The van der Waals surface area contributed by atoms with Gasteiger partial charge in [0.2, 0.25) is 0 Å². The predicted octanol–water partition coefficient (Wildman–Crippen LogP) is 2.64. The zero-order valence-electron chi connectivity index (χ0n) is 7.44. The molecule has 0 atom stereocenters. The van der Waals surface area contributed by atoms with Crippen molar-refractivity contribution in [1.82, 2.24) is 10.1 Å². The van der Waals surface area contributed by atoms with E-state index in [1.165, 1.54) is 0 Å². The summed E-state index contributed by atoms with van der Waals surface area (Å²) >= 11 is 9.14. The molecule has 6 heteroatoms. The minimum absolute atomic E-state index is 0.238. The molecule has 0 saturated carbocycles. The van der Waals surface area contributed by atoms with Crippen molar-refractivity contribution in [2.24, 2.45) is 0 Å². The molecule has 0 unspecified atom stereocenters. The molecule has 0 aliphatic rings. The van der Waals surface area contributed by atoms with Crippen LogP contribution in [0.4, 0.5) is 0 Å². The highest BCUT2D eigenvalue weighted by molar-refractivity contribution is 9.10. The van der Waals surface area contributed by atoms with Crippen LogP contribution in [0.15, 0.2) is 27.2 Å². The Morgan fingerprint density at radius 2 is 2.27 bits per heavy atom. The number of halogens is 2. The molecule has 1 N–H and O–H groups in total. The topological polar surface area (TPSA) is 59.2 Å². The molecule has 0 aliphatic carbocycles. The van der Waals surface area contributed by atoms with Crippen molar-refractivity contribution in [2.75, 3.05) is 0 Å². The third-order valence-corrected chi connectivity index (χ3v) is 2.99. The van der Waals surface area contributed by atoms with E-state index >= 15 is 0 Å². The largest absolute Gasteiger partial charge is 0.388 e. The van der Waals surface area contributed by atoms with Crippen molar-refractivity contribution in [3.63, 3.8) is 0 Å². The lowest BCUT2D eigenvalue weighted by Crippen LogP contribution is -1.85. The summed E-state index contributed by atoms with van der Waals surface area (Å²) in [5.74, 6) is 0.618. The van der Waals surface area contributed by atoms with Gasteiger partial charge in [-0.3, -0.25) is 0 Å². The van der Waals surface area contributed by atoms with E-state index < -0.39 is 0 Å². The molecule has 0 bridgehead atoms. The number of hydrogen-bond acceptors (Lipinski definition) is 4. The van der Waals surface area contributed by atoms with Gasteiger partial charge in [-0.25, -0.2) is 0 Å². The first-order valence-electron chi connectivity index (χ1n) is 4.09. The van der Waals surface area contributed by atoms with Crippen LogP contribution >= 0.6 is 27.5 Å². The summed E-state index contributed by atoms with van der Waals surface area (Å²) in [5.41, 5.74) is 0.749. The van der Waals surface area contributed by atoms with E-state index in [-0.39, 0.29) is 12.4 Å². The molecular formula is C9H6BrClN2O2. The van der Waals surface area contributed by atoms with E-state index in [4.69, 9.17) is 21.2 Å². The SMILES string of the molecule is OCc1noc(-c2ccc(Cl)c(Br)c2)n1. The first-order chi connectivity index (χ1) is 7.20. The van der Waals surface area contributed by atoms with Gasteiger partial charge in [0, 0.05) is 10.0 Å². The first-order valence-corrected chi connectivity index (χ1v) is 5.26. The Hall–Kier alpha value is -0.910. The third-order valence-electron chi connectivity index (χ3n) is 1.78. The van der Waals surface area contributed by atoms with Crippen molar-refractivity contribution in [1.29, 1.82) is 0 Å². The van der Waals surface area contributed by atoms with E-state index in [9.17, 15) is 0 Å². The van der Waals surface area contributed by atoms with Gasteiger partial charge in [0.15, 0.2) is 5.82 Å². The summed E-state index contributed by atoms with van der Waals surface area (Å²) in [6, 6.07) is 5.27. The molecule has 2 aromatic rings. The van der Waals surface area contributed by atoms with Gasteiger partial charge in [-0.2, -0.15) is 4.98 Å². The van der Waals surface area contributed by atoms with Crippen LogP contribution in [0.5, 0.6) is 0 Å². The molecule has 0 spiro atoms. The summed E-state index contributed by atoms with van der Waals surface area (Å²) in [4.78, 5) is 3.98. The Balaban J connectivity index is 2.40. The zero-order chi connectivity index (χ0) is 10.8. The second-order valence-corrected chi connectivity index (χ2v) is 4.06. The Bertz CT molecular complexity index is 487. The van der Waals surface area contributed by atoms with Crippen LogP contribution in [0.1, 0.15) is 5.82 Å². The minimum atomic E-state index is -0.238. The second-order valence-electron chi connectivity index (χ2n) is 2.80. The van der Waals surface area contributed by atoms with Crippen LogP contribution in [0.25, 0.3) is 11.5 Å². The van der Waals surface area contributed by atoms with Crippen LogP contribution in [0, 0.1) is 0 Å². The maximum atomic E-state index is 8.78. The molecule has 0 aliphatic heterocycles. The molecule has 15 heavy (non-hydrogen) atoms. The molecule has 0 amide bonds. The fraction of sp³-hybridized carbons (Fsp3) is 0.111. The Morgan fingerprint density at radius 3 is 2.87 bits per heavy atom. The lowest BCUT2D eigenvalue weighted by molar-refractivity contribution is 0.264. The van der Waals surface area contributed by atoms with Crippen molar-refractivity contribution < 1.29 is 9.63 Å². The minimum Gasteiger partial charge on any atom is -0.388 e. The van der Waals surface area contributed by atoms with E-state index in [1.54, 1.807) is 18.2 Å². The fourth-order valence-corrected chi connectivity index (χ4v) is 1.56. The Morgan fingerprint density at radius 1 is 1.47 bits per heavy atom. The number of aromatic nitrogens is 2. The summed E-state index contributed by atoms with van der Waals surface area (Å²) in [5, 5.41) is 13.0. The normalized spacial score (nSPS) is 10.6. The summed E-state index contributed by atoms with van der Waals surface area (Å²) < 4.78 is 5.71. The van der Waals surface area contributed by atoms with Crippen molar-refractivity contribution in [2.45, 2.75) is 6.61 Å². The van der Waals surface area contributed by atoms with Crippen molar-refractivity contribution >= 4 is 27.5 Å². The van der Waals surface area contributed by atoms with Gasteiger partial charge < -0.3 is 9.63 Å². The molecule has 1 heterocycles. The maximum Gasteiger partial charge on any atom is 0.258 e. The predicted molar refractivity (Wildman–Crippen MR) is 58.4 cm³/mol. The Labute approximate surface area is 99.0 Å². The monoisotopic (exact) mass is 288 g/mol. The smallest absolute Gasteiger partial charge is 0.258 e. The van der Waals surface area contributed by atoms with E-state index in [0.29, 0.717) is 10.9 Å². The highest BCUT2D eigenvalue weighted by Gasteiger charge is 2.09. The summed E-state index contributed by atoms with van der Waals surface area (Å²) in [6.45, 7) is -0.238. The quantitative estimate of drug-likeness (QED) is 0.923. The molecule has 0 radical (unpaired) electrons. The van der Waals surface area contributed by atoms with Crippen LogP contribution in [-0.2, 0) is 6.61 Å². The van der Waals surface area contributed by atoms with E-state index in [2.05, 4.69) is 26.1 Å². The van der Waals surface area contributed by atoms with Crippen LogP contribution in [0.2, 0.25) is 5.02 Å². The van der Waals surface area contributed by atoms with Crippen LogP contribution in [-0.4, -0.2) is 15.2 Å². The molecule has 1 aromatic carbocycles. The van der Waals surface area contributed by atoms with Gasteiger partial charge in [0.05, 0.1) is 5.02 Å². The average molecular weight is 290 g/mol. The van der Waals surface area contributed by atoms with Gasteiger partial charge in [0.25, 0.3) is 5.89 Å². The molecule has 78 valence electrons. The lowest BCUT2D eigenvalue weighted by Gasteiger charge is -1.97.